The highest BCUT2D eigenvalue weighted by Gasteiger charge is 2.49. The Labute approximate surface area is 97.2 Å². The van der Waals surface area contributed by atoms with E-state index >= 15 is 0 Å². The first-order chi connectivity index (χ1) is 7.47. The van der Waals surface area contributed by atoms with Gasteiger partial charge in [-0.25, -0.2) is 0 Å². The standard InChI is InChI=1S/C12H23NO3/c1-4-16-12(15)9-6-8(9)11(14)10(13)5-7(2)3/h7-11,14H,4-6,13H2,1-3H3/t8?,9?,10-,11?/m0/s1. The summed E-state index contributed by atoms with van der Waals surface area (Å²) < 4.78 is 4.92. The third-order valence-corrected chi connectivity index (χ3v) is 3.05. The van der Waals surface area contributed by atoms with Crippen LogP contribution in [0.15, 0.2) is 0 Å². The largest absolute Gasteiger partial charge is 0.466 e. The zero-order valence-corrected chi connectivity index (χ0v) is 10.3. The molecular weight excluding hydrogens is 206 g/mol. The first-order valence-corrected chi connectivity index (χ1v) is 6.07. The molecule has 0 bridgehead atoms. The third kappa shape index (κ3) is 3.46. The van der Waals surface area contributed by atoms with Crippen molar-refractivity contribution in [1.29, 1.82) is 0 Å². The van der Waals surface area contributed by atoms with Gasteiger partial charge in [-0.3, -0.25) is 4.79 Å². The predicted molar refractivity (Wildman–Crippen MR) is 61.7 cm³/mol. The normalized spacial score (nSPS) is 27.6. The molecule has 0 amide bonds. The van der Waals surface area contributed by atoms with Gasteiger partial charge in [-0.05, 0) is 25.7 Å². The van der Waals surface area contributed by atoms with E-state index in [0.29, 0.717) is 18.9 Å². The van der Waals surface area contributed by atoms with Crippen LogP contribution in [0.4, 0.5) is 0 Å². The zero-order valence-electron chi connectivity index (χ0n) is 10.3. The van der Waals surface area contributed by atoms with Gasteiger partial charge in [-0.1, -0.05) is 13.8 Å². The summed E-state index contributed by atoms with van der Waals surface area (Å²) in [5.41, 5.74) is 5.89. The number of carbonyl (C=O) groups is 1. The van der Waals surface area contributed by atoms with E-state index in [-0.39, 0.29) is 23.8 Å². The molecule has 0 radical (unpaired) electrons. The summed E-state index contributed by atoms with van der Waals surface area (Å²) in [4.78, 5) is 11.4. The van der Waals surface area contributed by atoms with Gasteiger partial charge in [0.15, 0.2) is 0 Å². The minimum Gasteiger partial charge on any atom is -0.466 e. The molecule has 0 aromatic carbocycles. The van der Waals surface area contributed by atoms with Crippen molar-refractivity contribution in [3.05, 3.63) is 0 Å². The zero-order chi connectivity index (χ0) is 12.3. The second-order valence-corrected chi connectivity index (χ2v) is 5.04. The molecule has 94 valence electrons. The van der Waals surface area contributed by atoms with E-state index in [0.717, 1.165) is 6.42 Å². The van der Waals surface area contributed by atoms with Gasteiger partial charge in [-0.15, -0.1) is 0 Å². The number of ether oxygens (including phenoxy) is 1. The summed E-state index contributed by atoms with van der Waals surface area (Å²) in [6.45, 7) is 6.33. The minimum absolute atomic E-state index is 0.00722. The molecule has 4 atom stereocenters. The number of carbonyl (C=O) groups excluding carboxylic acids is 1. The monoisotopic (exact) mass is 229 g/mol. The maximum Gasteiger partial charge on any atom is 0.309 e. The molecule has 3 unspecified atom stereocenters. The van der Waals surface area contributed by atoms with Crippen molar-refractivity contribution in [1.82, 2.24) is 0 Å². The summed E-state index contributed by atoms with van der Waals surface area (Å²) >= 11 is 0. The van der Waals surface area contributed by atoms with E-state index in [1.165, 1.54) is 0 Å². The Morgan fingerprint density at radius 3 is 2.69 bits per heavy atom. The molecule has 0 saturated heterocycles. The molecule has 1 aliphatic carbocycles. The number of hydrogen-bond donors (Lipinski definition) is 2. The summed E-state index contributed by atoms with van der Waals surface area (Å²) in [5, 5.41) is 9.96. The number of rotatable bonds is 6. The molecule has 1 rings (SSSR count). The van der Waals surface area contributed by atoms with E-state index in [1.807, 2.05) is 0 Å². The van der Waals surface area contributed by atoms with Crippen molar-refractivity contribution in [2.45, 2.75) is 45.8 Å². The number of hydrogen-bond acceptors (Lipinski definition) is 4. The van der Waals surface area contributed by atoms with Crippen LogP contribution in [0.5, 0.6) is 0 Å². The van der Waals surface area contributed by atoms with Crippen LogP contribution in [-0.2, 0) is 9.53 Å². The van der Waals surface area contributed by atoms with Crippen molar-refractivity contribution in [3.8, 4) is 0 Å². The van der Waals surface area contributed by atoms with E-state index < -0.39 is 6.10 Å². The summed E-state index contributed by atoms with van der Waals surface area (Å²) in [7, 11) is 0. The highest BCUT2D eigenvalue weighted by Crippen LogP contribution is 2.43. The fourth-order valence-electron chi connectivity index (χ4n) is 2.11. The first kappa shape index (κ1) is 13.5. The van der Waals surface area contributed by atoms with Crippen LogP contribution in [0.1, 0.15) is 33.6 Å². The average molecular weight is 229 g/mol. The Bertz CT molecular complexity index is 242. The molecule has 1 aliphatic rings. The van der Waals surface area contributed by atoms with Gasteiger partial charge in [0, 0.05) is 12.0 Å². The minimum atomic E-state index is -0.572. The van der Waals surface area contributed by atoms with Crippen LogP contribution in [0.3, 0.4) is 0 Å². The van der Waals surface area contributed by atoms with E-state index in [9.17, 15) is 9.90 Å². The van der Waals surface area contributed by atoms with Gasteiger partial charge in [0.05, 0.1) is 18.6 Å². The fourth-order valence-corrected chi connectivity index (χ4v) is 2.11. The van der Waals surface area contributed by atoms with Crippen molar-refractivity contribution in [2.75, 3.05) is 6.61 Å². The Kier molecular flexibility index (Phi) is 4.74. The molecule has 16 heavy (non-hydrogen) atoms. The van der Waals surface area contributed by atoms with Crippen molar-refractivity contribution in [2.24, 2.45) is 23.5 Å². The van der Waals surface area contributed by atoms with Crippen molar-refractivity contribution in [3.63, 3.8) is 0 Å². The van der Waals surface area contributed by atoms with Crippen LogP contribution >= 0.6 is 0 Å². The Hall–Kier alpha value is -0.610. The Balaban J connectivity index is 2.35. The molecule has 0 aliphatic heterocycles. The van der Waals surface area contributed by atoms with Crippen molar-refractivity contribution < 1.29 is 14.6 Å². The first-order valence-electron chi connectivity index (χ1n) is 6.07. The lowest BCUT2D eigenvalue weighted by atomic mass is 9.97. The third-order valence-electron chi connectivity index (χ3n) is 3.05. The lowest BCUT2D eigenvalue weighted by Crippen LogP contribution is -2.38. The molecule has 1 fully saturated rings. The smallest absolute Gasteiger partial charge is 0.309 e. The van der Waals surface area contributed by atoms with E-state index in [1.54, 1.807) is 6.92 Å². The van der Waals surface area contributed by atoms with Crippen LogP contribution in [-0.4, -0.2) is 29.8 Å². The van der Waals surface area contributed by atoms with Crippen LogP contribution < -0.4 is 5.73 Å². The molecule has 0 spiro atoms. The second-order valence-electron chi connectivity index (χ2n) is 5.04. The van der Waals surface area contributed by atoms with Gasteiger partial charge in [0.1, 0.15) is 0 Å². The van der Waals surface area contributed by atoms with E-state index in [2.05, 4.69) is 13.8 Å². The van der Waals surface area contributed by atoms with Gasteiger partial charge in [0.25, 0.3) is 0 Å². The van der Waals surface area contributed by atoms with Gasteiger partial charge < -0.3 is 15.6 Å². The van der Waals surface area contributed by atoms with Crippen LogP contribution in [0.25, 0.3) is 0 Å². The van der Waals surface area contributed by atoms with Crippen molar-refractivity contribution >= 4 is 5.97 Å². The fraction of sp³-hybridized carbons (Fsp3) is 0.917. The summed E-state index contributed by atoms with van der Waals surface area (Å²) in [5.74, 6) is 0.147. The molecule has 1 saturated carbocycles. The van der Waals surface area contributed by atoms with Gasteiger partial charge in [-0.2, -0.15) is 0 Å². The van der Waals surface area contributed by atoms with E-state index in [4.69, 9.17) is 10.5 Å². The maximum absolute atomic E-state index is 11.4. The lowest BCUT2D eigenvalue weighted by molar-refractivity contribution is -0.145. The summed E-state index contributed by atoms with van der Waals surface area (Å²) in [6.07, 6.45) is 0.927. The molecule has 0 heterocycles. The lowest BCUT2D eigenvalue weighted by Gasteiger charge is -2.20. The number of aliphatic hydroxyl groups is 1. The van der Waals surface area contributed by atoms with Crippen LogP contribution in [0.2, 0.25) is 0 Å². The Morgan fingerprint density at radius 2 is 2.19 bits per heavy atom. The van der Waals surface area contributed by atoms with Gasteiger partial charge in [0.2, 0.25) is 0 Å². The maximum atomic E-state index is 11.4. The molecule has 3 N–H and O–H groups in total. The quantitative estimate of drug-likeness (QED) is 0.664. The summed E-state index contributed by atoms with van der Waals surface area (Å²) in [6, 6.07) is -0.232. The SMILES string of the molecule is CCOC(=O)C1CC1C(O)[C@@H](N)CC(C)C. The molecule has 0 aromatic heterocycles. The number of esters is 1. The predicted octanol–water partition coefficient (Wildman–Crippen LogP) is 0.920. The molecule has 4 nitrogen and oxygen atoms in total. The topological polar surface area (TPSA) is 72.5 Å². The van der Waals surface area contributed by atoms with Gasteiger partial charge >= 0.3 is 5.97 Å². The molecule has 4 heteroatoms. The highest BCUT2D eigenvalue weighted by molar-refractivity contribution is 5.75. The molecule has 0 aromatic rings. The second kappa shape index (κ2) is 5.64. The van der Waals surface area contributed by atoms with Crippen LogP contribution in [0, 0.1) is 17.8 Å². The molecular formula is C12H23NO3. The highest BCUT2D eigenvalue weighted by atomic mass is 16.5. The average Bonchev–Trinajstić information content (AvgIpc) is 2.95. The number of nitrogens with two attached hydrogens (primary N) is 1. The number of aliphatic hydroxyl groups excluding tert-OH is 1. The Morgan fingerprint density at radius 1 is 1.56 bits per heavy atom.